The standard InChI is InChI=1S/C11H18N3O6STe/c15-8(2-1-6(11(19)20)13-5-22)14-7(4-21)10(18)12-3-9(16)17/h6-7,13,21H,1-5H2,(H,12,18)(H,14,15)(H,16,17)(H,19,20)/t6-,7-/m0/s1. The summed E-state index contributed by atoms with van der Waals surface area (Å²) in [4.78, 5) is 44.6. The van der Waals surface area contributed by atoms with Crippen molar-refractivity contribution in [2.75, 3.05) is 16.9 Å². The predicted octanol–water partition coefficient (Wildman–Crippen LogP) is -2.45. The summed E-state index contributed by atoms with van der Waals surface area (Å²) >= 11 is 5.60. The third kappa shape index (κ3) is 9.09. The molecule has 5 N–H and O–H groups in total. The number of nitrogens with one attached hydrogen (secondary N) is 3. The van der Waals surface area contributed by atoms with Gasteiger partial charge in [0, 0.05) is 0 Å². The summed E-state index contributed by atoms with van der Waals surface area (Å²) in [5.41, 5.74) is 0. The zero-order chi connectivity index (χ0) is 17.1. The van der Waals surface area contributed by atoms with E-state index in [9.17, 15) is 19.2 Å². The Morgan fingerprint density at radius 3 is 2.23 bits per heavy atom. The van der Waals surface area contributed by atoms with Crippen LogP contribution in [0.4, 0.5) is 0 Å². The molecule has 0 rings (SSSR count). The summed E-state index contributed by atoms with van der Waals surface area (Å²) in [6, 6.07) is -1.81. The molecule has 22 heavy (non-hydrogen) atoms. The summed E-state index contributed by atoms with van der Waals surface area (Å²) in [6.45, 7) is -0.555. The van der Waals surface area contributed by atoms with E-state index in [1.807, 2.05) is 0 Å². The first-order chi connectivity index (χ1) is 10.3. The van der Waals surface area contributed by atoms with Crippen molar-refractivity contribution in [3.05, 3.63) is 0 Å². The van der Waals surface area contributed by atoms with Crippen LogP contribution in [0.15, 0.2) is 0 Å². The maximum absolute atomic E-state index is 11.7. The second-order valence-corrected chi connectivity index (χ2v) is 5.38. The number of carbonyl (C=O) groups excluding carboxylic acids is 2. The van der Waals surface area contributed by atoms with Gasteiger partial charge in [-0.1, -0.05) is 0 Å². The Kier molecular flexibility index (Phi) is 11.0. The van der Waals surface area contributed by atoms with Gasteiger partial charge >= 0.3 is 136 Å². The Morgan fingerprint density at radius 2 is 1.77 bits per heavy atom. The van der Waals surface area contributed by atoms with Crippen LogP contribution in [0.5, 0.6) is 0 Å². The zero-order valence-corrected chi connectivity index (χ0v) is 14.8. The molecule has 0 aliphatic rings. The zero-order valence-electron chi connectivity index (χ0n) is 11.6. The average molecular weight is 448 g/mol. The summed E-state index contributed by atoms with van der Waals surface area (Å²) in [5, 5.41) is 24.6. The van der Waals surface area contributed by atoms with Crippen LogP contribution in [0.25, 0.3) is 0 Å². The Bertz CT molecular complexity index is 423. The topological polar surface area (TPSA) is 145 Å². The van der Waals surface area contributed by atoms with Crippen LogP contribution in [0, 0.1) is 0 Å². The van der Waals surface area contributed by atoms with E-state index in [1.165, 1.54) is 0 Å². The van der Waals surface area contributed by atoms with E-state index in [0.717, 1.165) is 0 Å². The van der Waals surface area contributed by atoms with Crippen molar-refractivity contribution in [1.29, 1.82) is 0 Å². The molecule has 0 saturated heterocycles. The van der Waals surface area contributed by atoms with Gasteiger partial charge in [0.2, 0.25) is 0 Å². The van der Waals surface area contributed by atoms with Crippen LogP contribution < -0.4 is 16.0 Å². The Balaban J connectivity index is 4.33. The minimum absolute atomic E-state index is 0.00678. The van der Waals surface area contributed by atoms with Crippen LogP contribution in [-0.4, -0.2) is 85.2 Å². The molecule has 0 aliphatic heterocycles. The Labute approximate surface area is 145 Å². The number of hydrogen-bond acceptors (Lipinski definition) is 6. The van der Waals surface area contributed by atoms with Crippen molar-refractivity contribution in [2.24, 2.45) is 0 Å². The molecule has 0 aromatic carbocycles. The second kappa shape index (κ2) is 11.5. The molecular weight excluding hydrogens is 430 g/mol. The molecule has 0 heterocycles. The number of carboxylic acids is 2. The molecule has 0 bridgehead atoms. The molecule has 0 aliphatic carbocycles. The normalized spacial score (nSPS) is 13.0. The number of rotatable bonds is 11. The van der Waals surface area contributed by atoms with Gasteiger partial charge in [-0.3, -0.25) is 4.79 Å². The third-order valence-electron chi connectivity index (χ3n) is 2.54. The second-order valence-electron chi connectivity index (χ2n) is 4.19. The van der Waals surface area contributed by atoms with Crippen LogP contribution in [0.1, 0.15) is 12.8 Å². The average Bonchev–Trinajstić information content (AvgIpc) is 2.46. The van der Waals surface area contributed by atoms with Crippen LogP contribution in [0.3, 0.4) is 0 Å². The van der Waals surface area contributed by atoms with Crippen molar-refractivity contribution < 1.29 is 29.4 Å². The van der Waals surface area contributed by atoms with Crippen LogP contribution >= 0.6 is 12.6 Å². The molecule has 0 aromatic rings. The van der Waals surface area contributed by atoms with E-state index in [4.69, 9.17) is 10.2 Å². The van der Waals surface area contributed by atoms with E-state index in [-0.39, 0.29) is 18.6 Å². The molecule has 11 heteroatoms. The van der Waals surface area contributed by atoms with Crippen molar-refractivity contribution in [3.8, 4) is 0 Å². The first-order valence-corrected chi connectivity index (χ1v) is 8.53. The number of amides is 2. The van der Waals surface area contributed by atoms with Gasteiger partial charge in [0.05, 0.1) is 0 Å². The first-order valence-electron chi connectivity index (χ1n) is 6.25. The van der Waals surface area contributed by atoms with Crippen molar-refractivity contribution in [1.82, 2.24) is 16.0 Å². The maximum atomic E-state index is 11.7. The molecule has 1 radical (unpaired) electrons. The number of carboxylic acid groups (broad SMARTS) is 2. The van der Waals surface area contributed by atoms with Gasteiger partial charge in [0.25, 0.3) is 0 Å². The molecule has 9 nitrogen and oxygen atoms in total. The quantitative estimate of drug-likeness (QED) is 0.152. The first kappa shape index (κ1) is 21.0. The fraction of sp³-hybridized carbons (Fsp3) is 0.636. The van der Waals surface area contributed by atoms with E-state index >= 15 is 0 Å². The van der Waals surface area contributed by atoms with Crippen molar-refractivity contribution in [3.63, 3.8) is 0 Å². The molecule has 0 spiro atoms. The monoisotopic (exact) mass is 450 g/mol. The summed E-state index contributed by atoms with van der Waals surface area (Å²) < 4.78 is 0.464. The fourth-order valence-corrected chi connectivity index (χ4v) is 2.27. The van der Waals surface area contributed by atoms with Gasteiger partial charge in [0.1, 0.15) is 0 Å². The van der Waals surface area contributed by atoms with E-state index in [0.29, 0.717) is 4.59 Å². The van der Waals surface area contributed by atoms with Gasteiger partial charge in [-0.15, -0.1) is 0 Å². The van der Waals surface area contributed by atoms with Gasteiger partial charge in [-0.05, 0) is 0 Å². The van der Waals surface area contributed by atoms with E-state index in [1.54, 1.807) is 22.3 Å². The molecule has 0 unspecified atom stereocenters. The fourth-order valence-electron chi connectivity index (χ4n) is 1.44. The summed E-state index contributed by atoms with van der Waals surface area (Å²) in [7, 11) is 0. The van der Waals surface area contributed by atoms with Gasteiger partial charge in [-0.25, -0.2) is 0 Å². The molecule has 0 aromatic heterocycles. The number of aliphatic carboxylic acids is 2. The molecule has 0 fully saturated rings. The van der Waals surface area contributed by atoms with Gasteiger partial charge < -0.3 is 5.11 Å². The minimum atomic E-state index is -1.20. The van der Waals surface area contributed by atoms with E-state index in [2.05, 4.69) is 28.6 Å². The van der Waals surface area contributed by atoms with Gasteiger partial charge in [-0.2, -0.15) is 0 Å². The predicted molar refractivity (Wildman–Crippen MR) is 80.8 cm³/mol. The van der Waals surface area contributed by atoms with Crippen molar-refractivity contribution >= 4 is 58.7 Å². The SMILES string of the molecule is O=C(O)CNC(=O)[C@H](CS)NC(=O)CC[C@H](NC[Te])C(=O)O. The molecule has 125 valence electrons. The summed E-state index contributed by atoms with van der Waals surface area (Å²) in [5.74, 6) is -3.43. The van der Waals surface area contributed by atoms with E-state index < -0.39 is 42.4 Å². The number of thiol groups is 1. The van der Waals surface area contributed by atoms with Crippen molar-refractivity contribution in [2.45, 2.75) is 24.9 Å². The van der Waals surface area contributed by atoms with Crippen LogP contribution in [-0.2, 0) is 19.2 Å². The molecular formula is C11H18N3O6STe. The third-order valence-corrected chi connectivity index (χ3v) is 3.38. The number of carbonyl (C=O) groups is 4. The molecule has 0 saturated carbocycles. The molecule has 2 atom stereocenters. The Morgan fingerprint density at radius 1 is 1.14 bits per heavy atom. The van der Waals surface area contributed by atoms with Gasteiger partial charge in [0.15, 0.2) is 0 Å². The summed E-state index contributed by atoms with van der Waals surface area (Å²) in [6.07, 6.45) is -0.00572. The number of hydrogen-bond donors (Lipinski definition) is 6. The van der Waals surface area contributed by atoms with Crippen LogP contribution in [0.2, 0.25) is 0 Å². The Hall–Kier alpha value is -1.02. The molecule has 2 amide bonds.